The summed E-state index contributed by atoms with van der Waals surface area (Å²) in [7, 11) is 1.68. The van der Waals surface area contributed by atoms with E-state index in [-0.39, 0.29) is 18.3 Å². The summed E-state index contributed by atoms with van der Waals surface area (Å²) in [5.41, 5.74) is 2.52. The van der Waals surface area contributed by atoms with Gasteiger partial charge in [-0.05, 0) is 44.0 Å². The van der Waals surface area contributed by atoms with Crippen LogP contribution in [-0.2, 0) is 11.3 Å². The number of benzene rings is 1. The molecule has 2 heterocycles. The van der Waals surface area contributed by atoms with Crippen LogP contribution < -0.4 is 15.4 Å². The maximum atomic E-state index is 12.5. The maximum absolute atomic E-state index is 12.5. The molecule has 160 valence electrons. The topological polar surface area (TPSA) is 77.4 Å². The first kappa shape index (κ1) is 23.2. The van der Waals surface area contributed by atoms with Gasteiger partial charge in [0.25, 0.3) is 5.91 Å². The van der Waals surface area contributed by atoms with Crippen LogP contribution in [0.3, 0.4) is 0 Å². The summed E-state index contributed by atoms with van der Waals surface area (Å²) in [4.78, 5) is 12.5. The highest BCUT2D eigenvalue weighted by Crippen LogP contribution is 2.21. The van der Waals surface area contributed by atoms with Crippen molar-refractivity contribution in [3.63, 3.8) is 0 Å². The molecule has 1 amide bonds. The van der Waals surface area contributed by atoms with Crippen molar-refractivity contribution in [1.29, 1.82) is 0 Å². The standard InChI is InChI=1S/C21H30N4O3.ClH/c1-16-6-7-17(20(13-16)28-12-4-11-27-2)14-23-21(26)19-8-10-25(24-19)18-5-3-9-22-15-18;/h6-8,10,13,18,22H,3-5,9,11-12,14-15H2,1-2H3,(H,23,26);1H. The summed E-state index contributed by atoms with van der Waals surface area (Å²) in [5.74, 6) is 0.628. The van der Waals surface area contributed by atoms with Gasteiger partial charge < -0.3 is 20.1 Å². The van der Waals surface area contributed by atoms with Crippen LogP contribution in [0.2, 0.25) is 0 Å². The van der Waals surface area contributed by atoms with Crippen LogP contribution in [0.5, 0.6) is 5.75 Å². The number of nitrogens with zero attached hydrogens (tertiary/aromatic N) is 2. The van der Waals surface area contributed by atoms with Crippen molar-refractivity contribution in [1.82, 2.24) is 20.4 Å². The Balaban J connectivity index is 0.00000300. The minimum atomic E-state index is -0.173. The minimum absolute atomic E-state index is 0. The molecule has 2 aromatic rings. The molecule has 8 heteroatoms. The number of carbonyl (C=O) groups excluding carboxylic acids is 1. The molecule has 1 aromatic carbocycles. The number of halogens is 1. The number of amides is 1. The molecule has 1 aliphatic rings. The van der Waals surface area contributed by atoms with Gasteiger partial charge >= 0.3 is 0 Å². The third-order valence-electron chi connectivity index (χ3n) is 4.90. The zero-order valence-corrected chi connectivity index (χ0v) is 18.0. The Kier molecular flexibility index (Phi) is 9.44. The molecular formula is C21H31ClN4O3. The molecule has 1 fully saturated rings. The van der Waals surface area contributed by atoms with E-state index >= 15 is 0 Å². The highest BCUT2D eigenvalue weighted by molar-refractivity contribution is 5.92. The van der Waals surface area contributed by atoms with Crippen LogP contribution >= 0.6 is 12.4 Å². The zero-order chi connectivity index (χ0) is 19.8. The van der Waals surface area contributed by atoms with Crippen molar-refractivity contribution < 1.29 is 14.3 Å². The molecule has 0 spiro atoms. The smallest absolute Gasteiger partial charge is 0.272 e. The molecule has 1 saturated heterocycles. The lowest BCUT2D eigenvalue weighted by Crippen LogP contribution is -2.32. The number of aromatic nitrogens is 2. The van der Waals surface area contributed by atoms with E-state index in [1.807, 2.05) is 36.0 Å². The first-order chi connectivity index (χ1) is 13.7. The highest BCUT2D eigenvalue weighted by atomic mass is 35.5. The van der Waals surface area contributed by atoms with E-state index in [0.29, 0.717) is 31.5 Å². The Morgan fingerprint density at radius 3 is 2.97 bits per heavy atom. The van der Waals surface area contributed by atoms with Crippen molar-refractivity contribution in [3.05, 3.63) is 47.3 Å². The fourth-order valence-corrected chi connectivity index (χ4v) is 3.32. The molecule has 1 atom stereocenters. The van der Waals surface area contributed by atoms with Crippen molar-refractivity contribution in [2.24, 2.45) is 0 Å². The molecule has 1 aromatic heterocycles. The summed E-state index contributed by atoms with van der Waals surface area (Å²) in [6.45, 7) is 5.62. The quantitative estimate of drug-likeness (QED) is 0.607. The van der Waals surface area contributed by atoms with Gasteiger partial charge in [0.05, 0.1) is 12.6 Å². The second-order valence-corrected chi connectivity index (χ2v) is 7.17. The second kappa shape index (κ2) is 11.8. The summed E-state index contributed by atoms with van der Waals surface area (Å²) in [6.07, 6.45) is 4.93. The lowest BCUT2D eigenvalue weighted by Gasteiger charge is -2.22. The van der Waals surface area contributed by atoms with E-state index in [2.05, 4.69) is 15.7 Å². The van der Waals surface area contributed by atoms with Gasteiger partial charge in [-0.3, -0.25) is 9.48 Å². The van der Waals surface area contributed by atoms with E-state index in [9.17, 15) is 4.79 Å². The number of ether oxygens (including phenoxy) is 2. The maximum Gasteiger partial charge on any atom is 0.272 e. The zero-order valence-electron chi connectivity index (χ0n) is 17.1. The fraction of sp³-hybridized carbons (Fsp3) is 0.524. The lowest BCUT2D eigenvalue weighted by molar-refractivity contribution is 0.0944. The Morgan fingerprint density at radius 1 is 1.34 bits per heavy atom. The van der Waals surface area contributed by atoms with E-state index in [0.717, 1.165) is 49.2 Å². The van der Waals surface area contributed by atoms with Gasteiger partial charge in [-0.1, -0.05) is 12.1 Å². The molecule has 3 rings (SSSR count). The number of rotatable bonds is 9. The van der Waals surface area contributed by atoms with Crippen LogP contribution in [0.15, 0.2) is 30.5 Å². The fourth-order valence-electron chi connectivity index (χ4n) is 3.32. The van der Waals surface area contributed by atoms with Crippen LogP contribution in [0.25, 0.3) is 0 Å². The van der Waals surface area contributed by atoms with E-state index in [4.69, 9.17) is 9.47 Å². The van der Waals surface area contributed by atoms with Gasteiger partial charge in [-0.25, -0.2) is 0 Å². The SMILES string of the molecule is COCCCOc1cc(C)ccc1CNC(=O)c1ccn(C2CCCNC2)n1.Cl. The highest BCUT2D eigenvalue weighted by Gasteiger charge is 2.18. The average Bonchev–Trinajstić information content (AvgIpc) is 3.21. The van der Waals surface area contributed by atoms with Crippen LogP contribution in [0, 0.1) is 6.92 Å². The molecule has 0 radical (unpaired) electrons. The Hall–Kier alpha value is -2.09. The predicted molar refractivity (Wildman–Crippen MR) is 115 cm³/mol. The Labute approximate surface area is 178 Å². The molecule has 1 unspecified atom stereocenters. The number of methoxy groups -OCH3 is 1. The Bertz CT molecular complexity index is 775. The van der Waals surface area contributed by atoms with E-state index in [1.165, 1.54) is 0 Å². The first-order valence-corrected chi connectivity index (χ1v) is 9.92. The summed E-state index contributed by atoms with van der Waals surface area (Å²) in [6, 6.07) is 8.11. The third kappa shape index (κ3) is 6.73. The molecule has 0 saturated carbocycles. The molecule has 29 heavy (non-hydrogen) atoms. The van der Waals surface area contributed by atoms with Crippen LogP contribution in [0.4, 0.5) is 0 Å². The number of piperidine rings is 1. The van der Waals surface area contributed by atoms with Crippen molar-refractivity contribution in [2.75, 3.05) is 33.4 Å². The third-order valence-corrected chi connectivity index (χ3v) is 4.90. The van der Waals surface area contributed by atoms with Gasteiger partial charge in [0.15, 0.2) is 0 Å². The van der Waals surface area contributed by atoms with Crippen molar-refractivity contribution in [3.8, 4) is 5.75 Å². The van der Waals surface area contributed by atoms with Gasteiger partial charge in [0, 0.05) is 45.0 Å². The summed E-state index contributed by atoms with van der Waals surface area (Å²) in [5, 5.41) is 10.8. The van der Waals surface area contributed by atoms with Gasteiger partial charge in [0.2, 0.25) is 0 Å². The second-order valence-electron chi connectivity index (χ2n) is 7.17. The monoisotopic (exact) mass is 422 g/mol. The molecular weight excluding hydrogens is 392 g/mol. The number of carbonyl (C=O) groups is 1. The average molecular weight is 423 g/mol. The molecule has 0 bridgehead atoms. The van der Waals surface area contributed by atoms with Gasteiger partial charge in [0.1, 0.15) is 11.4 Å². The first-order valence-electron chi connectivity index (χ1n) is 9.92. The summed E-state index contributed by atoms with van der Waals surface area (Å²) < 4.78 is 12.8. The van der Waals surface area contributed by atoms with E-state index in [1.54, 1.807) is 13.2 Å². The minimum Gasteiger partial charge on any atom is -0.493 e. The van der Waals surface area contributed by atoms with Gasteiger partial charge in [-0.2, -0.15) is 5.10 Å². The van der Waals surface area contributed by atoms with Gasteiger partial charge in [-0.15, -0.1) is 12.4 Å². The normalized spacial score (nSPS) is 16.1. The number of hydrogen-bond donors (Lipinski definition) is 2. The number of aryl methyl sites for hydroxylation is 1. The van der Waals surface area contributed by atoms with Crippen LogP contribution in [0.1, 0.15) is 46.9 Å². The Morgan fingerprint density at radius 2 is 2.21 bits per heavy atom. The lowest BCUT2D eigenvalue weighted by atomic mass is 10.1. The number of nitrogens with one attached hydrogen (secondary N) is 2. The van der Waals surface area contributed by atoms with E-state index < -0.39 is 0 Å². The molecule has 1 aliphatic heterocycles. The van der Waals surface area contributed by atoms with Crippen molar-refractivity contribution >= 4 is 18.3 Å². The molecule has 0 aliphatic carbocycles. The summed E-state index contributed by atoms with van der Waals surface area (Å²) >= 11 is 0. The molecule has 2 N–H and O–H groups in total. The number of hydrogen-bond acceptors (Lipinski definition) is 5. The van der Waals surface area contributed by atoms with Crippen LogP contribution in [-0.4, -0.2) is 49.1 Å². The largest absolute Gasteiger partial charge is 0.493 e. The predicted octanol–water partition coefficient (Wildman–Crippen LogP) is 2.88. The molecule has 7 nitrogen and oxygen atoms in total. The van der Waals surface area contributed by atoms with Crippen molar-refractivity contribution in [2.45, 2.75) is 38.8 Å².